The normalized spacial score (nSPS) is 11.9. The van der Waals surface area contributed by atoms with E-state index in [4.69, 9.17) is 16.2 Å². The largest absolute Gasteiger partial charge is 0.408 e. The highest BCUT2D eigenvalue weighted by Gasteiger charge is 2.25. The van der Waals surface area contributed by atoms with Gasteiger partial charge in [0.25, 0.3) is 12.4 Å². The molecule has 39 heteroatoms. The zero-order valence-electron chi connectivity index (χ0n) is 77.0. The third kappa shape index (κ3) is 55.8. The summed E-state index contributed by atoms with van der Waals surface area (Å²) >= 11 is 15.1. The van der Waals surface area contributed by atoms with Gasteiger partial charge in [-0.2, -0.15) is 14.8 Å². The van der Waals surface area contributed by atoms with Crippen molar-refractivity contribution in [3.63, 3.8) is 0 Å². The molecule has 1 amide bonds. The number of carbonyl (C=O) groups excluding carboxylic acids is 2. The van der Waals surface area contributed by atoms with E-state index in [9.17, 15) is 18.0 Å². The van der Waals surface area contributed by atoms with Crippen molar-refractivity contribution in [3.8, 4) is 5.88 Å². The number of amidine groups is 1. The number of aryl methyl sites for hydroxylation is 5. The number of imidazole rings is 2. The molecule has 0 aliphatic rings. The zero-order valence-corrected chi connectivity index (χ0v) is 85.2. The predicted molar refractivity (Wildman–Crippen MR) is 498 cm³/mol. The minimum Gasteiger partial charge on any atom is -0.408 e. The topological polar surface area (TPSA) is 373 Å². The molecular weight excluding hydrogens is 1690 g/mol. The lowest BCUT2D eigenvalue weighted by atomic mass is 10.2. The molecule has 0 saturated carbocycles. The van der Waals surface area contributed by atoms with Crippen molar-refractivity contribution in [3.05, 3.63) is 97.5 Å². The van der Waals surface area contributed by atoms with Crippen LogP contribution in [0.4, 0.5) is 0 Å². The van der Waals surface area contributed by atoms with Crippen molar-refractivity contribution in [2.75, 3.05) is 20.4 Å². The van der Waals surface area contributed by atoms with Crippen molar-refractivity contribution in [1.82, 2.24) is 95.0 Å². The molecule has 0 spiro atoms. The number of carbonyl (C=O) groups is 2. The summed E-state index contributed by atoms with van der Waals surface area (Å²) in [6.07, 6.45) is 15.9. The molecular formula is C79H137N23O6S10+2. The second kappa shape index (κ2) is 49.9. The standard InChI is InChI=1S/C12H18N2OS.C10H14N4OS.2C10H16NS.C9H14N2O2S.C7H13N3S.C6H12N4S.C5H10N4S.C5H12N2S.C5H12O2S/c1-12(2,3)16-10-6-7-13-8-9(10)11(15)14(4)5;1-10(2,3)16-9-12-6-4-11-7(5-15)13-8(6)14-9;1-10(2,3)12-9-5-7-11(4)8-6-9;1-10(2,3)12-9-7-5-6-8-11(9)4;1-9(2,3)14-8-10-7(13-6-12)5-11(8)4;1-7(2,3)11-6-9-8-5-10(6)4;1-6(2,3)11-5-7-8-9-10(5)4;1-5(2,3)10-4-6-8-9-7-4;1-5(2,3)8-4(6)7;1-5(2,3)8(4,6)7/h6-8H,1-5H3;4,15H,5H2,1-3H3,(H,11,12,13,14);2*5-8H,1-4H3;5-6H,1-4H3;5H,1-4H3;1-4H3;1-3H3,(H,6,7,8,9);1-3H3,(H3,6,7);1-4H3/q;;2*+1;;;;;;. The first kappa shape index (κ1) is 112. The SMILES string of the molecule is CC(C)(C)S(C)(=O)=O.CC(C)(C)SC(=N)N.CC(C)(C)Sc1nc2nc(CO)ncc2[nH]1.CC(C)(C)Sc1nn[nH]n1.CN(C)C(=O)c1cnccc1SC(C)(C)C.C[n+]1ccc(SC(C)(C)C)cc1.C[n+]1ccccc1SC(C)(C)C.Cn1cc(OC=O)nc1SC(C)(C)C.Cn1cnnc1SC(C)(C)C.Cn1nnnc1SC(C)(C)C. The Morgan fingerprint density at radius 2 is 1.14 bits per heavy atom. The number of hydrogen-bond acceptors (Lipinski definition) is 29. The van der Waals surface area contributed by atoms with Gasteiger partial charge in [0, 0.05) is 131 Å². The van der Waals surface area contributed by atoms with E-state index in [-0.39, 0.29) is 50.9 Å². The molecule has 118 heavy (non-hydrogen) atoms. The lowest BCUT2D eigenvalue weighted by Crippen LogP contribution is -2.31. The van der Waals surface area contributed by atoms with Crippen LogP contribution in [-0.2, 0) is 56.5 Å². The van der Waals surface area contributed by atoms with Crippen LogP contribution in [0.1, 0.15) is 224 Å². The fourth-order valence-corrected chi connectivity index (χ4v) is 14.9. The van der Waals surface area contributed by atoms with Crippen LogP contribution in [0.2, 0.25) is 0 Å². The number of amides is 1. The van der Waals surface area contributed by atoms with Crippen molar-refractivity contribution >= 4 is 144 Å². The summed E-state index contributed by atoms with van der Waals surface area (Å²) in [4.78, 5) is 49.7. The van der Waals surface area contributed by atoms with Crippen molar-refractivity contribution in [2.45, 2.75) is 302 Å². The first-order valence-corrected chi connectivity index (χ1v) is 46.7. The van der Waals surface area contributed by atoms with E-state index in [1.54, 1.807) is 146 Å². The third-order valence-electron chi connectivity index (χ3n) is 12.1. The Bertz CT molecular complexity index is 4450. The minimum atomic E-state index is -2.84. The Morgan fingerprint density at radius 3 is 1.55 bits per heavy atom. The maximum absolute atomic E-state index is 11.9. The summed E-state index contributed by atoms with van der Waals surface area (Å²) in [7, 11) is 10.4. The molecule has 0 radical (unpaired) electrons. The number of aliphatic hydroxyl groups is 1. The quantitative estimate of drug-likeness (QED) is 0.0249. The number of sulfone groups is 1. The Balaban J connectivity index is 0.00000130. The molecule has 9 rings (SSSR count). The first-order chi connectivity index (χ1) is 53.4. The van der Waals surface area contributed by atoms with Gasteiger partial charge in [0.1, 0.15) is 32.5 Å². The molecule has 6 N–H and O–H groups in total. The number of tetrazole rings is 2. The van der Waals surface area contributed by atoms with E-state index in [0.29, 0.717) is 44.0 Å². The molecule has 0 fully saturated rings. The zero-order chi connectivity index (χ0) is 91.6. The summed E-state index contributed by atoms with van der Waals surface area (Å²) in [5.74, 6) is 0.736. The van der Waals surface area contributed by atoms with Gasteiger partial charge in [-0.25, -0.2) is 32.6 Å². The number of aromatic nitrogens is 20. The average molecular weight is 1830 g/mol. The third-order valence-corrected chi connectivity index (χ3v) is 24.2. The van der Waals surface area contributed by atoms with Crippen LogP contribution in [0.15, 0.2) is 127 Å². The molecule has 29 nitrogen and oxygen atoms in total. The lowest BCUT2D eigenvalue weighted by molar-refractivity contribution is -0.708. The molecule has 0 aliphatic heterocycles. The van der Waals surface area contributed by atoms with E-state index in [1.165, 1.54) is 27.9 Å². The van der Waals surface area contributed by atoms with Crippen LogP contribution >= 0.6 is 106 Å². The summed E-state index contributed by atoms with van der Waals surface area (Å²) in [5, 5.41) is 53.9. The second-order valence-electron chi connectivity index (χ2n) is 36.0. The van der Waals surface area contributed by atoms with Gasteiger partial charge in [0.2, 0.25) is 21.2 Å². The van der Waals surface area contributed by atoms with Gasteiger partial charge < -0.3 is 34.6 Å². The fourth-order valence-electron chi connectivity index (χ4n) is 7.19. The van der Waals surface area contributed by atoms with Gasteiger partial charge in [-0.05, 0) is 48.5 Å². The van der Waals surface area contributed by atoms with Crippen LogP contribution in [-0.4, -0.2) is 194 Å². The van der Waals surface area contributed by atoms with Crippen molar-refractivity contribution in [1.29, 1.82) is 5.41 Å². The number of nitrogens with one attached hydrogen (secondary N) is 3. The number of hydrogen-bond donors (Lipinski definition) is 5. The average Bonchev–Trinajstić information content (AvgIpc) is 1.77. The fraction of sp³-hybridized carbons (Fsp3) is 0.620. The summed E-state index contributed by atoms with van der Waals surface area (Å²) in [5.41, 5.74) is 7.20. The maximum atomic E-state index is 11.9. The summed E-state index contributed by atoms with van der Waals surface area (Å²) in [6, 6.07) is 12.5. The van der Waals surface area contributed by atoms with Crippen LogP contribution < -0.4 is 19.6 Å². The van der Waals surface area contributed by atoms with E-state index in [0.717, 1.165) is 31.0 Å². The number of thioether (sulfide) groups is 9. The van der Waals surface area contributed by atoms with Gasteiger partial charge in [0.15, 0.2) is 60.5 Å². The van der Waals surface area contributed by atoms with Gasteiger partial charge in [-0.15, -0.1) is 49.0 Å². The Hall–Kier alpha value is -6.04. The lowest BCUT2D eigenvalue weighted by Gasteiger charge is -2.20. The molecule has 9 heterocycles. The Kier molecular flexibility index (Phi) is 47.4. The first-order valence-electron chi connectivity index (χ1n) is 37.5. The van der Waals surface area contributed by atoms with Crippen molar-refractivity contribution < 1.29 is 37.0 Å². The van der Waals surface area contributed by atoms with Crippen molar-refractivity contribution in [2.24, 2.45) is 41.0 Å². The molecule has 0 atom stereocenters. The van der Waals surface area contributed by atoms with Crippen LogP contribution in [0.25, 0.3) is 11.2 Å². The summed E-state index contributed by atoms with van der Waals surface area (Å²) in [6.45, 7) is 63.0. The minimum absolute atomic E-state index is 0.000139. The number of nitrogens with zero attached hydrogens (tertiary/aromatic N) is 19. The molecule has 9 aromatic rings. The monoisotopic (exact) mass is 1820 g/mol. The van der Waals surface area contributed by atoms with Gasteiger partial charge in [-0.1, -0.05) is 269 Å². The van der Waals surface area contributed by atoms with Crippen LogP contribution in [0, 0.1) is 5.41 Å². The predicted octanol–water partition coefficient (Wildman–Crippen LogP) is 17.2. The van der Waals surface area contributed by atoms with E-state index in [1.807, 2.05) is 98.3 Å². The highest BCUT2D eigenvalue weighted by molar-refractivity contribution is 8.14. The number of H-pyrrole nitrogens is 2. The number of fused-ring (bicyclic) bond motifs is 1. The molecule has 9 aromatic heterocycles. The highest BCUT2D eigenvalue weighted by Crippen LogP contribution is 2.37. The molecule has 0 aliphatic carbocycles. The number of ether oxygens (including phenoxy) is 1. The van der Waals surface area contributed by atoms with Crippen LogP contribution in [0.3, 0.4) is 0 Å². The molecule has 662 valence electrons. The van der Waals surface area contributed by atoms with E-state index < -0.39 is 14.6 Å². The van der Waals surface area contributed by atoms with Gasteiger partial charge in [0.05, 0.1) is 22.7 Å². The van der Waals surface area contributed by atoms with E-state index >= 15 is 0 Å². The number of rotatable bonds is 12. The molecule has 0 bridgehead atoms. The number of pyridine rings is 3. The Morgan fingerprint density at radius 1 is 0.627 bits per heavy atom. The van der Waals surface area contributed by atoms with Gasteiger partial charge >= 0.3 is 0 Å². The van der Waals surface area contributed by atoms with Crippen LogP contribution in [0.5, 0.6) is 5.88 Å². The number of aliphatic hydroxyl groups excluding tert-OH is 1. The molecule has 0 saturated heterocycles. The Labute approximate surface area is 742 Å². The summed E-state index contributed by atoms with van der Waals surface area (Å²) < 4.78 is 36.5. The number of nitrogens with two attached hydrogens (primary N) is 1. The number of aromatic amines is 2. The molecule has 0 unspecified atom stereocenters. The van der Waals surface area contributed by atoms with Gasteiger partial charge in [-0.3, -0.25) is 20.0 Å². The highest BCUT2D eigenvalue weighted by atomic mass is 32.2. The molecule has 0 aromatic carbocycles. The van der Waals surface area contributed by atoms with E-state index in [2.05, 4.69) is 302 Å². The maximum Gasteiger partial charge on any atom is 0.299 e. The second-order valence-corrected chi connectivity index (χ2v) is 55.3. The smallest absolute Gasteiger partial charge is 0.299 e.